The minimum atomic E-state index is -2.14. The molecule has 1 heterocycles. The van der Waals surface area contributed by atoms with Gasteiger partial charge in [-0.3, -0.25) is 4.79 Å². The number of carboxylic acid groups (broad SMARTS) is 1. The molecule has 0 saturated carbocycles. The summed E-state index contributed by atoms with van der Waals surface area (Å²) in [4.78, 5) is 22.5. The molecule has 0 unspecified atom stereocenters. The zero-order chi connectivity index (χ0) is 11.6. The number of amides is 1. The maximum Gasteiger partial charge on any atom is 0.402 e. The summed E-state index contributed by atoms with van der Waals surface area (Å²) in [5, 5.41) is 8.94. The molecule has 1 saturated heterocycles. The third-order valence-electron chi connectivity index (χ3n) is 2.17. The number of hydrogen-bond acceptors (Lipinski definition) is 3. The molecule has 1 aliphatic rings. The van der Waals surface area contributed by atoms with Crippen LogP contribution in [0.15, 0.2) is 0 Å². The molecular weight excluding hydrogens is 214 g/mol. The molecule has 0 aliphatic carbocycles. The molecule has 0 aromatic heterocycles. The van der Waals surface area contributed by atoms with Crippen LogP contribution in [-0.4, -0.2) is 42.5 Å². The molecule has 15 heavy (non-hydrogen) atoms. The van der Waals surface area contributed by atoms with E-state index in [1.807, 2.05) is 0 Å². The summed E-state index contributed by atoms with van der Waals surface area (Å²) in [6, 6.07) is 0.647. The standard InChI is InChI=1S/C9H17NO4Si/c1-9(2,3)14-7(11)10-5-4-6-15(10)8(12)13/h15H,4-6H2,1-3H3,(H,12,13)/t15-/m0/s1. The van der Waals surface area contributed by atoms with Crippen molar-refractivity contribution in [2.24, 2.45) is 0 Å². The van der Waals surface area contributed by atoms with Crippen LogP contribution in [0.4, 0.5) is 9.59 Å². The molecule has 0 radical (unpaired) electrons. The topological polar surface area (TPSA) is 66.8 Å². The van der Waals surface area contributed by atoms with E-state index in [2.05, 4.69) is 0 Å². The van der Waals surface area contributed by atoms with Gasteiger partial charge in [0.2, 0.25) is 0 Å². The Morgan fingerprint density at radius 3 is 2.47 bits per heavy atom. The first-order valence-electron chi connectivity index (χ1n) is 5.04. The first kappa shape index (κ1) is 12.0. The van der Waals surface area contributed by atoms with Gasteiger partial charge in [-0.15, -0.1) is 0 Å². The summed E-state index contributed by atoms with van der Waals surface area (Å²) in [6.45, 7) is 5.85. The van der Waals surface area contributed by atoms with Crippen molar-refractivity contribution in [3.8, 4) is 0 Å². The average Bonchev–Trinajstić information content (AvgIpc) is 2.47. The Bertz CT molecular complexity index is 274. The molecular formula is C9H17NO4Si. The first-order chi connectivity index (χ1) is 6.81. The van der Waals surface area contributed by atoms with Crippen molar-refractivity contribution in [2.45, 2.75) is 38.8 Å². The fourth-order valence-electron chi connectivity index (χ4n) is 1.56. The fraction of sp³-hybridized carbons (Fsp3) is 0.778. The Hall–Kier alpha value is -1.04. The highest BCUT2D eigenvalue weighted by Gasteiger charge is 2.38. The zero-order valence-corrected chi connectivity index (χ0v) is 10.5. The van der Waals surface area contributed by atoms with Gasteiger partial charge in [-0.05, 0) is 33.2 Å². The van der Waals surface area contributed by atoms with Crippen LogP contribution < -0.4 is 0 Å². The van der Waals surface area contributed by atoms with Gasteiger partial charge in [0.15, 0.2) is 0 Å². The van der Waals surface area contributed by atoms with E-state index in [4.69, 9.17) is 9.84 Å². The minimum absolute atomic E-state index is 0.473. The Morgan fingerprint density at radius 2 is 2.00 bits per heavy atom. The maximum absolute atomic E-state index is 11.7. The molecule has 1 atom stereocenters. The van der Waals surface area contributed by atoms with E-state index >= 15 is 0 Å². The second-order valence-electron chi connectivity index (χ2n) is 4.67. The summed E-state index contributed by atoms with van der Waals surface area (Å²) in [5.74, 6) is 0. The molecule has 0 spiro atoms. The van der Waals surface area contributed by atoms with Crippen LogP contribution in [0.5, 0.6) is 0 Å². The van der Waals surface area contributed by atoms with Gasteiger partial charge in [0.25, 0.3) is 14.6 Å². The van der Waals surface area contributed by atoms with E-state index in [1.54, 1.807) is 20.8 Å². The van der Waals surface area contributed by atoms with Gasteiger partial charge in [0.1, 0.15) is 5.60 Å². The van der Waals surface area contributed by atoms with Crippen molar-refractivity contribution in [3.05, 3.63) is 0 Å². The normalized spacial score (nSPS) is 21.5. The number of carbonyl (C=O) groups excluding carboxylic acids is 1. The van der Waals surface area contributed by atoms with Crippen LogP contribution in [0.1, 0.15) is 27.2 Å². The molecule has 86 valence electrons. The number of hydrogen-bond donors (Lipinski definition) is 1. The lowest BCUT2D eigenvalue weighted by Gasteiger charge is -2.26. The Morgan fingerprint density at radius 1 is 1.40 bits per heavy atom. The predicted molar refractivity (Wildman–Crippen MR) is 57.5 cm³/mol. The van der Waals surface area contributed by atoms with E-state index < -0.39 is 26.2 Å². The lowest BCUT2D eigenvalue weighted by Crippen LogP contribution is -2.46. The van der Waals surface area contributed by atoms with Crippen molar-refractivity contribution in [2.75, 3.05) is 6.54 Å². The molecule has 6 heteroatoms. The van der Waals surface area contributed by atoms with Crippen LogP contribution in [0, 0.1) is 0 Å². The van der Waals surface area contributed by atoms with Gasteiger partial charge in [-0.25, -0.2) is 4.79 Å². The largest absolute Gasteiger partial charge is 0.484 e. The van der Waals surface area contributed by atoms with Crippen molar-refractivity contribution in [1.29, 1.82) is 0 Å². The second-order valence-corrected chi connectivity index (χ2v) is 7.40. The van der Waals surface area contributed by atoms with E-state index in [0.29, 0.717) is 12.6 Å². The lowest BCUT2D eigenvalue weighted by atomic mass is 10.2. The average molecular weight is 231 g/mol. The summed E-state index contributed by atoms with van der Waals surface area (Å²) in [5.41, 5.74) is -1.38. The highest BCUT2D eigenvalue weighted by Crippen LogP contribution is 2.19. The summed E-state index contributed by atoms with van der Waals surface area (Å²) < 4.78 is 6.58. The third kappa shape index (κ3) is 3.23. The first-order valence-corrected chi connectivity index (χ1v) is 6.95. The summed E-state index contributed by atoms with van der Waals surface area (Å²) >= 11 is 0. The Kier molecular flexibility index (Phi) is 3.38. The predicted octanol–water partition coefficient (Wildman–Crippen LogP) is 1.61. The SMILES string of the molecule is CC(C)(C)OC(=O)N1CCC[Si@H]1C(=O)O. The van der Waals surface area contributed by atoms with Crippen LogP contribution in [0.25, 0.3) is 0 Å². The fourth-order valence-corrected chi connectivity index (χ4v) is 3.76. The zero-order valence-electron chi connectivity index (χ0n) is 9.32. The molecule has 1 aliphatic heterocycles. The van der Waals surface area contributed by atoms with Gasteiger partial charge >= 0.3 is 6.09 Å². The number of carbonyl (C=O) groups is 2. The van der Waals surface area contributed by atoms with Crippen molar-refractivity contribution >= 4 is 20.6 Å². The molecule has 1 rings (SSSR count). The highest BCUT2D eigenvalue weighted by molar-refractivity contribution is 6.87. The summed E-state index contributed by atoms with van der Waals surface area (Å²) in [6.07, 6.45) is 0.307. The van der Waals surface area contributed by atoms with Crippen LogP contribution >= 0.6 is 0 Å². The Balaban J connectivity index is 2.63. The summed E-state index contributed by atoms with van der Waals surface area (Å²) in [7, 11) is -2.14. The maximum atomic E-state index is 11.7. The monoisotopic (exact) mass is 231 g/mol. The third-order valence-corrected chi connectivity index (χ3v) is 4.91. The van der Waals surface area contributed by atoms with Crippen molar-refractivity contribution < 1.29 is 19.4 Å². The molecule has 1 N–H and O–H groups in total. The number of rotatable bonds is 1. The molecule has 0 bridgehead atoms. The lowest BCUT2D eigenvalue weighted by molar-refractivity contribution is 0.0391. The highest BCUT2D eigenvalue weighted by atomic mass is 28.3. The van der Waals surface area contributed by atoms with Gasteiger partial charge in [-0.1, -0.05) is 0 Å². The van der Waals surface area contributed by atoms with Gasteiger partial charge in [-0.2, -0.15) is 0 Å². The van der Waals surface area contributed by atoms with E-state index in [9.17, 15) is 9.59 Å². The van der Waals surface area contributed by atoms with E-state index in [-0.39, 0.29) is 0 Å². The van der Waals surface area contributed by atoms with Crippen LogP contribution in [0.3, 0.4) is 0 Å². The number of nitrogens with zero attached hydrogens (tertiary/aromatic N) is 1. The molecule has 0 aromatic carbocycles. The quantitative estimate of drug-likeness (QED) is 0.696. The molecule has 5 nitrogen and oxygen atoms in total. The van der Waals surface area contributed by atoms with Gasteiger partial charge in [0.05, 0.1) is 0 Å². The van der Waals surface area contributed by atoms with Crippen LogP contribution in [0.2, 0.25) is 6.04 Å². The van der Waals surface area contributed by atoms with Crippen molar-refractivity contribution in [1.82, 2.24) is 4.57 Å². The molecule has 1 fully saturated rings. The number of ether oxygens (including phenoxy) is 1. The van der Waals surface area contributed by atoms with Crippen molar-refractivity contribution in [3.63, 3.8) is 0 Å². The van der Waals surface area contributed by atoms with Gasteiger partial charge < -0.3 is 14.4 Å². The minimum Gasteiger partial charge on any atom is -0.484 e. The smallest absolute Gasteiger partial charge is 0.402 e. The second kappa shape index (κ2) is 4.22. The van der Waals surface area contributed by atoms with Crippen LogP contribution in [-0.2, 0) is 4.74 Å². The molecule has 0 aromatic rings. The Labute approximate surface area is 90.7 Å². The van der Waals surface area contributed by atoms with E-state index in [0.717, 1.165) is 6.42 Å². The van der Waals surface area contributed by atoms with E-state index in [1.165, 1.54) is 4.57 Å². The molecule has 1 amide bonds. The van der Waals surface area contributed by atoms with Gasteiger partial charge in [0, 0.05) is 6.54 Å².